The Bertz CT molecular complexity index is 3120. The zero-order valence-electron chi connectivity index (χ0n) is 27.9. The van der Waals surface area contributed by atoms with Crippen molar-refractivity contribution in [1.29, 1.82) is 0 Å². The molecule has 5 heteroatoms. The normalized spacial score (nSPS) is 11.8. The molecule has 3 heterocycles. The summed E-state index contributed by atoms with van der Waals surface area (Å²) in [5.74, 6) is 1.80. The third-order valence-corrected chi connectivity index (χ3v) is 10.2. The molecular weight excluding hydrogens is 637 g/mol. The third kappa shape index (κ3) is 4.26. The summed E-state index contributed by atoms with van der Waals surface area (Å²) in [6.07, 6.45) is 0. The minimum absolute atomic E-state index is 0.565. The van der Waals surface area contributed by atoms with Gasteiger partial charge in [-0.3, -0.25) is 4.57 Å². The largest absolute Gasteiger partial charge is 0.456 e. The van der Waals surface area contributed by atoms with E-state index in [1.165, 1.54) is 21.5 Å². The highest BCUT2D eigenvalue weighted by atomic mass is 16.3. The van der Waals surface area contributed by atoms with Crippen LogP contribution in [0.4, 0.5) is 0 Å². The Morgan fingerprint density at radius 1 is 0.365 bits per heavy atom. The first-order chi connectivity index (χ1) is 25.8. The Morgan fingerprint density at radius 2 is 0.923 bits per heavy atom. The third-order valence-electron chi connectivity index (χ3n) is 10.2. The molecule has 52 heavy (non-hydrogen) atoms. The Hall–Kier alpha value is -7.11. The van der Waals surface area contributed by atoms with E-state index in [9.17, 15) is 0 Å². The van der Waals surface area contributed by atoms with Gasteiger partial charge in [0.05, 0.1) is 11.0 Å². The number of benzene rings is 8. The molecule has 5 nitrogen and oxygen atoms in total. The lowest BCUT2D eigenvalue weighted by Gasteiger charge is -2.14. The molecule has 3 aromatic heterocycles. The zero-order valence-corrected chi connectivity index (χ0v) is 27.9. The van der Waals surface area contributed by atoms with Gasteiger partial charge in [0.2, 0.25) is 5.95 Å². The van der Waals surface area contributed by atoms with Gasteiger partial charge in [-0.2, -0.15) is 9.97 Å². The summed E-state index contributed by atoms with van der Waals surface area (Å²) in [4.78, 5) is 15.7. The number of hydrogen-bond donors (Lipinski definition) is 0. The van der Waals surface area contributed by atoms with Gasteiger partial charge in [-0.05, 0) is 39.9 Å². The highest BCUT2D eigenvalue weighted by molar-refractivity contribution is 6.33. The van der Waals surface area contributed by atoms with Crippen LogP contribution in [0.15, 0.2) is 174 Å². The minimum atomic E-state index is 0.565. The SMILES string of the molecule is c1ccc(-c2nc(-c3ccccc3)nc(-n3c4c(-c5ccc6oc7ccccc7c6c5)cccc4c4c5ccccc5c5ccccc5c43)n2)cc1. The van der Waals surface area contributed by atoms with Crippen molar-refractivity contribution in [2.75, 3.05) is 0 Å². The van der Waals surface area contributed by atoms with Crippen molar-refractivity contribution in [1.82, 2.24) is 19.5 Å². The quantitative estimate of drug-likeness (QED) is 0.176. The molecule has 0 saturated carbocycles. The lowest BCUT2D eigenvalue weighted by Crippen LogP contribution is -2.07. The molecular formula is C47H28N4O. The highest BCUT2D eigenvalue weighted by Crippen LogP contribution is 2.45. The van der Waals surface area contributed by atoms with E-state index < -0.39 is 0 Å². The fraction of sp³-hybridized carbons (Fsp3) is 0. The standard InChI is InChI=1S/C47H28N4O/c1-3-14-29(15-4-1)45-48-46(30-16-5-2-6-17-30)50-47(49-45)51-43-32(31-26-27-41-39(28-31)35-20-11-12-25-40(35)52-41)23-13-24-38(43)42-36-21-9-7-18-33(36)34-19-8-10-22-37(34)44(42)51/h1-28H. The van der Waals surface area contributed by atoms with E-state index in [0.29, 0.717) is 17.6 Å². The summed E-state index contributed by atoms with van der Waals surface area (Å²) in [6.45, 7) is 0. The summed E-state index contributed by atoms with van der Waals surface area (Å²) in [7, 11) is 0. The van der Waals surface area contributed by atoms with Crippen molar-refractivity contribution >= 4 is 65.3 Å². The molecule has 8 aromatic carbocycles. The molecule has 0 unspecified atom stereocenters. The summed E-state index contributed by atoms with van der Waals surface area (Å²) in [5.41, 5.74) is 7.87. The number of furan rings is 1. The fourth-order valence-electron chi connectivity index (χ4n) is 7.95. The van der Waals surface area contributed by atoms with E-state index in [1.807, 2.05) is 48.5 Å². The number of hydrogen-bond acceptors (Lipinski definition) is 4. The number of fused-ring (bicyclic) bond motifs is 11. The molecule has 0 N–H and O–H groups in total. The molecule has 0 aliphatic rings. The van der Waals surface area contributed by atoms with Crippen LogP contribution < -0.4 is 0 Å². The molecule has 0 amide bonds. The van der Waals surface area contributed by atoms with Crippen LogP contribution in [0.25, 0.3) is 105 Å². The van der Waals surface area contributed by atoms with Crippen LogP contribution in [0, 0.1) is 0 Å². The van der Waals surface area contributed by atoms with E-state index in [4.69, 9.17) is 19.4 Å². The average molecular weight is 665 g/mol. The van der Waals surface area contributed by atoms with E-state index >= 15 is 0 Å². The molecule has 11 rings (SSSR count). The van der Waals surface area contributed by atoms with Crippen LogP contribution >= 0.6 is 0 Å². The first-order valence-corrected chi connectivity index (χ1v) is 17.5. The van der Waals surface area contributed by atoms with Gasteiger partial charge in [-0.1, -0.05) is 152 Å². The van der Waals surface area contributed by atoms with E-state index in [-0.39, 0.29) is 0 Å². The maximum Gasteiger partial charge on any atom is 0.238 e. The van der Waals surface area contributed by atoms with Gasteiger partial charge < -0.3 is 4.42 Å². The molecule has 0 saturated heterocycles. The summed E-state index contributed by atoms with van der Waals surface area (Å²) in [5, 5.41) is 9.21. The lowest BCUT2D eigenvalue weighted by molar-refractivity contribution is 0.669. The maximum absolute atomic E-state index is 6.25. The van der Waals surface area contributed by atoms with Crippen molar-refractivity contribution in [3.63, 3.8) is 0 Å². The molecule has 0 radical (unpaired) electrons. The van der Waals surface area contributed by atoms with Gasteiger partial charge in [0.1, 0.15) is 11.2 Å². The number of aromatic nitrogens is 4. The van der Waals surface area contributed by atoms with Crippen molar-refractivity contribution < 1.29 is 4.42 Å². The second kappa shape index (κ2) is 11.2. The predicted octanol–water partition coefficient (Wildman–Crippen LogP) is 12.2. The summed E-state index contributed by atoms with van der Waals surface area (Å²) < 4.78 is 8.53. The van der Waals surface area contributed by atoms with Gasteiger partial charge in [0.15, 0.2) is 11.6 Å². The van der Waals surface area contributed by atoms with Gasteiger partial charge in [-0.25, -0.2) is 4.98 Å². The molecule has 242 valence electrons. The molecule has 11 aromatic rings. The second-order valence-corrected chi connectivity index (χ2v) is 13.2. The minimum Gasteiger partial charge on any atom is -0.456 e. The summed E-state index contributed by atoms with van der Waals surface area (Å²) >= 11 is 0. The molecule has 0 aliphatic heterocycles. The number of para-hydroxylation sites is 2. The van der Waals surface area contributed by atoms with Crippen molar-refractivity contribution in [3.05, 3.63) is 170 Å². The van der Waals surface area contributed by atoms with Crippen molar-refractivity contribution in [2.24, 2.45) is 0 Å². The van der Waals surface area contributed by atoms with Crippen LogP contribution in [0.5, 0.6) is 0 Å². The Labute approximate surface area is 298 Å². The maximum atomic E-state index is 6.25. The van der Waals surface area contributed by atoms with Crippen molar-refractivity contribution in [2.45, 2.75) is 0 Å². The number of rotatable bonds is 4. The molecule has 0 aliphatic carbocycles. The molecule has 0 spiro atoms. The van der Waals surface area contributed by atoms with Gasteiger partial charge in [-0.15, -0.1) is 0 Å². The van der Waals surface area contributed by atoms with Crippen LogP contribution in [0.1, 0.15) is 0 Å². The monoisotopic (exact) mass is 664 g/mol. The van der Waals surface area contributed by atoms with E-state index in [1.54, 1.807) is 0 Å². The fourth-order valence-corrected chi connectivity index (χ4v) is 7.95. The predicted molar refractivity (Wildman–Crippen MR) is 213 cm³/mol. The Kier molecular flexibility index (Phi) is 6.18. The topological polar surface area (TPSA) is 56.7 Å². The summed E-state index contributed by atoms with van der Waals surface area (Å²) in [6, 6.07) is 59.1. The van der Waals surface area contributed by atoms with Crippen LogP contribution in [-0.4, -0.2) is 19.5 Å². The van der Waals surface area contributed by atoms with Crippen LogP contribution in [0.2, 0.25) is 0 Å². The first-order valence-electron chi connectivity index (χ1n) is 17.5. The van der Waals surface area contributed by atoms with Crippen molar-refractivity contribution in [3.8, 4) is 39.9 Å². The van der Waals surface area contributed by atoms with E-state index in [0.717, 1.165) is 66.0 Å². The Morgan fingerprint density at radius 3 is 1.63 bits per heavy atom. The second-order valence-electron chi connectivity index (χ2n) is 13.2. The lowest BCUT2D eigenvalue weighted by atomic mass is 9.95. The molecule has 0 atom stereocenters. The number of nitrogens with zero attached hydrogens (tertiary/aromatic N) is 4. The van der Waals surface area contributed by atoms with Crippen LogP contribution in [0.3, 0.4) is 0 Å². The Balaban J connectivity index is 1.33. The van der Waals surface area contributed by atoms with Gasteiger partial charge in [0, 0.05) is 43.6 Å². The average Bonchev–Trinajstić information content (AvgIpc) is 3.78. The highest BCUT2D eigenvalue weighted by Gasteiger charge is 2.24. The molecule has 0 fully saturated rings. The smallest absolute Gasteiger partial charge is 0.238 e. The molecule has 0 bridgehead atoms. The zero-order chi connectivity index (χ0) is 34.2. The van der Waals surface area contributed by atoms with E-state index in [2.05, 4.69) is 126 Å². The van der Waals surface area contributed by atoms with Crippen LogP contribution in [-0.2, 0) is 0 Å². The van der Waals surface area contributed by atoms with Gasteiger partial charge in [0.25, 0.3) is 0 Å². The first kappa shape index (κ1) is 28.7. The van der Waals surface area contributed by atoms with Gasteiger partial charge >= 0.3 is 0 Å².